The van der Waals surface area contributed by atoms with E-state index in [1.165, 1.54) is 4.31 Å². The summed E-state index contributed by atoms with van der Waals surface area (Å²) in [7, 11) is -1.72. The number of aryl methyl sites for hydroxylation is 1. The Morgan fingerprint density at radius 1 is 1.24 bits per heavy atom. The monoisotopic (exact) mass is 365 g/mol. The minimum absolute atomic E-state index is 0.131. The van der Waals surface area contributed by atoms with E-state index in [1.807, 2.05) is 18.5 Å². The quantitative estimate of drug-likeness (QED) is 0.876. The van der Waals surface area contributed by atoms with Gasteiger partial charge >= 0.3 is 6.03 Å². The van der Waals surface area contributed by atoms with Gasteiger partial charge in [0.05, 0.1) is 22.3 Å². The minimum Gasteiger partial charge on any atom is -0.338 e. The van der Waals surface area contributed by atoms with Crippen molar-refractivity contribution in [3.8, 4) is 0 Å². The fourth-order valence-electron chi connectivity index (χ4n) is 2.90. The van der Waals surface area contributed by atoms with E-state index in [9.17, 15) is 13.2 Å². The van der Waals surface area contributed by atoms with Crippen molar-refractivity contribution < 1.29 is 13.2 Å². The van der Waals surface area contributed by atoms with Crippen molar-refractivity contribution in [3.63, 3.8) is 0 Å². The van der Waals surface area contributed by atoms with Crippen LogP contribution in [0, 0.1) is 0 Å². The summed E-state index contributed by atoms with van der Waals surface area (Å²) < 4.78 is 29.0. The highest BCUT2D eigenvalue weighted by Crippen LogP contribution is 2.22. The molecule has 0 spiro atoms. The van der Waals surface area contributed by atoms with Gasteiger partial charge in [-0.1, -0.05) is 6.92 Å². The summed E-state index contributed by atoms with van der Waals surface area (Å²) in [4.78, 5) is 18.1. The Kier molecular flexibility index (Phi) is 4.96. The van der Waals surface area contributed by atoms with Gasteiger partial charge in [0.15, 0.2) is 0 Å². The van der Waals surface area contributed by atoms with Crippen molar-refractivity contribution in [1.29, 1.82) is 0 Å². The van der Waals surface area contributed by atoms with E-state index < -0.39 is 10.0 Å². The Morgan fingerprint density at radius 2 is 1.96 bits per heavy atom. The Labute approximate surface area is 147 Å². The molecule has 1 aromatic heterocycles. The van der Waals surface area contributed by atoms with Crippen LogP contribution in [0.3, 0.4) is 0 Å². The number of sulfonamides is 1. The molecule has 1 saturated heterocycles. The summed E-state index contributed by atoms with van der Waals surface area (Å²) in [5.41, 5.74) is 1.54. The lowest BCUT2D eigenvalue weighted by atomic mass is 10.3. The Hall–Kier alpha value is -2.13. The number of urea groups is 1. The largest absolute Gasteiger partial charge is 0.338 e. The van der Waals surface area contributed by atoms with Crippen molar-refractivity contribution in [2.75, 3.05) is 32.7 Å². The van der Waals surface area contributed by atoms with Crippen molar-refractivity contribution in [2.24, 2.45) is 7.05 Å². The Balaban J connectivity index is 1.71. The van der Waals surface area contributed by atoms with Crippen LogP contribution in [0.5, 0.6) is 0 Å². The lowest BCUT2D eigenvalue weighted by Gasteiger charge is -2.34. The number of aromatic nitrogens is 2. The molecule has 9 heteroatoms. The van der Waals surface area contributed by atoms with E-state index >= 15 is 0 Å². The maximum atomic E-state index is 12.9. The summed E-state index contributed by atoms with van der Waals surface area (Å²) in [5, 5.41) is 2.82. The van der Waals surface area contributed by atoms with Crippen LogP contribution in [0.25, 0.3) is 11.0 Å². The molecule has 1 aliphatic heterocycles. The minimum atomic E-state index is -3.58. The number of fused-ring (bicyclic) bond motifs is 1. The van der Waals surface area contributed by atoms with Gasteiger partial charge in [-0.2, -0.15) is 4.31 Å². The molecule has 2 heterocycles. The van der Waals surface area contributed by atoms with Crippen LogP contribution < -0.4 is 5.32 Å². The number of nitrogens with zero attached hydrogens (tertiary/aromatic N) is 4. The van der Waals surface area contributed by atoms with Gasteiger partial charge in [0.2, 0.25) is 10.0 Å². The molecule has 1 aromatic carbocycles. The first-order valence-electron chi connectivity index (χ1n) is 8.37. The normalized spacial score (nSPS) is 16.3. The van der Waals surface area contributed by atoms with Gasteiger partial charge in [0, 0.05) is 39.8 Å². The van der Waals surface area contributed by atoms with Crippen molar-refractivity contribution in [3.05, 3.63) is 24.5 Å². The molecule has 2 aromatic rings. The zero-order valence-electron chi connectivity index (χ0n) is 14.5. The molecule has 0 atom stereocenters. The van der Waals surface area contributed by atoms with Crippen molar-refractivity contribution >= 4 is 27.1 Å². The molecule has 25 heavy (non-hydrogen) atoms. The summed E-state index contributed by atoms with van der Waals surface area (Å²) in [6.07, 6.45) is 2.53. The number of nitrogens with one attached hydrogen (secondary N) is 1. The predicted octanol–water partition coefficient (Wildman–Crippen LogP) is 0.999. The smallest absolute Gasteiger partial charge is 0.317 e. The van der Waals surface area contributed by atoms with Gasteiger partial charge in [0.25, 0.3) is 0 Å². The first kappa shape index (κ1) is 17.7. The third-order valence-electron chi connectivity index (χ3n) is 4.39. The van der Waals surface area contributed by atoms with E-state index in [0.717, 1.165) is 11.9 Å². The fraction of sp³-hybridized carbons (Fsp3) is 0.500. The molecule has 8 nitrogen and oxygen atoms in total. The molecule has 1 N–H and O–H groups in total. The zero-order valence-corrected chi connectivity index (χ0v) is 15.3. The van der Waals surface area contributed by atoms with Gasteiger partial charge in [-0.25, -0.2) is 18.2 Å². The van der Waals surface area contributed by atoms with Crippen LogP contribution in [0.2, 0.25) is 0 Å². The molecule has 0 bridgehead atoms. The van der Waals surface area contributed by atoms with Crippen LogP contribution in [-0.2, 0) is 17.1 Å². The molecule has 2 amide bonds. The second kappa shape index (κ2) is 7.01. The van der Waals surface area contributed by atoms with Gasteiger partial charge in [-0.05, 0) is 24.6 Å². The number of amides is 2. The maximum Gasteiger partial charge on any atom is 0.317 e. The highest BCUT2D eigenvalue weighted by atomic mass is 32.2. The average molecular weight is 365 g/mol. The van der Waals surface area contributed by atoms with Crippen LogP contribution in [0.1, 0.15) is 13.3 Å². The second-order valence-corrected chi connectivity index (χ2v) is 8.07. The SMILES string of the molecule is CCCNC(=O)N1CCN(S(=O)(=O)c2ccc3c(c2)ncn3C)CC1. The standard InChI is InChI=1S/C16H23N5O3S/c1-3-6-17-16(22)20-7-9-21(10-8-20)25(23,24)13-4-5-15-14(11-13)18-12-19(15)2/h4-5,11-12H,3,6-10H2,1-2H3,(H,17,22). The van der Waals surface area contributed by atoms with Crippen molar-refractivity contribution in [1.82, 2.24) is 24.1 Å². The highest BCUT2D eigenvalue weighted by Gasteiger charge is 2.30. The summed E-state index contributed by atoms with van der Waals surface area (Å²) in [6, 6.07) is 4.85. The third-order valence-corrected chi connectivity index (χ3v) is 6.28. The number of carbonyl (C=O) groups excluding carboxylic acids is 1. The van der Waals surface area contributed by atoms with Crippen LogP contribution in [0.15, 0.2) is 29.4 Å². The number of hydrogen-bond donors (Lipinski definition) is 1. The number of benzene rings is 1. The topological polar surface area (TPSA) is 87.5 Å². The second-order valence-electron chi connectivity index (χ2n) is 6.13. The zero-order chi connectivity index (χ0) is 18.0. The van der Waals surface area contributed by atoms with E-state index in [1.54, 1.807) is 29.4 Å². The molecule has 136 valence electrons. The van der Waals surface area contributed by atoms with Gasteiger partial charge < -0.3 is 14.8 Å². The summed E-state index contributed by atoms with van der Waals surface area (Å²) in [5.74, 6) is 0. The molecular weight excluding hydrogens is 342 g/mol. The highest BCUT2D eigenvalue weighted by molar-refractivity contribution is 7.89. The number of hydrogen-bond acceptors (Lipinski definition) is 4. The summed E-state index contributed by atoms with van der Waals surface area (Å²) >= 11 is 0. The maximum absolute atomic E-state index is 12.9. The molecular formula is C16H23N5O3S. The first-order chi connectivity index (χ1) is 11.9. The fourth-order valence-corrected chi connectivity index (χ4v) is 4.34. The average Bonchev–Trinajstić information content (AvgIpc) is 3.00. The first-order valence-corrected chi connectivity index (χ1v) is 9.81. The lowest BCUT2D eigenvalue weighted by molar-refractivity contribution is 0.172. The molecule has 0 aliphatic carbocycles. The third kappa shape index (κ3) is 3.47. The molecule has 0 radical (unpaired) electrons. The van der Waals surface area contributed by atoms with Gasteiger partial charge in [-0.3, -0.25) is 0 Å². The molecule has 3 rings (SSSR count). The van der Waals surface area contributed by atoms with Crippen molar-refractivity contribution in [2.45, 2.75) is 18.2 Å². The number of piperazine rings is 1. The van der Waals surface area contributed by atoms with E-state index in [4.69, 9.17) is 0 Å². The van der Waals surface area contributed by atoms with E-state index in [2.05, 4.69) is 10.3 Å². The molecule has 1 fully saturated rings. The lowest BCUT2D eigenvalue weighted by Crippen LogP contribution is -2.53. The number of rotatable bonds is 4. The van der Waals surface area contributed by atoms with Gasteiger partial charge in [0.1, 0.15) is 0 Å². The van der Waals surface area contributed by atoms with Crippen LogP contribution >= 0.6 is 0 Å². The Morgan fingerprint density at radius 3 is 2.64 bits per heavy atom. The van der Waals surface area contributed by atoms with E-state index in [-0.39, 0.29) is 10.9 Å². The summed E-state index contributed by atoms with van der Waals surface area (Å²) in [6.45, 7) is 3.98. The molecule has 0 unspecified atom stereocenters. The van der Waals surface area contributed by atoms with E-state index in [0.29, 0.717) is 38.2 Å². The van der Waals surface area contributed by atoms with Crippen LogP contribution in [0.4, 0.5) is 4.79 Å². The number of imidazole rings is 1. The molecule has 1 aliphatic rings. The van der Waals surface area contributed by atoms with Gasteiger partial charge in [-0.15, -0.1) is 0 Å². The Bertz CT molecular complexity index is 869. The van der Waals surface area contributed by atoms with Crippen LogP contribution in [-0.4, -0.2) is 65.9 Å². The predicted molar refractivity (Wildman–Crippen MR) is 94.7 cm³/mol. The number of carbonyl (C=O) groups is 1. The molecule has 0 saturated carbocycles.